The second-order valence-corrected chi connectivity index (χ2v) is 7.80. The summed E-state index contributed by atoms with van der Waals surface area (Å²) in [6, 6.07) is 9.21. The van der Waals surface area contributed by atoms with Crippen molar-refractivity contribution in [3.8, 4) is 0 Å². The number of hydrogen-bond donors (Lipinski definition) is 3. The van der Waals surface area contributed by atoms with Crippen LogP contribution in [0.15, 0.2) is 30.3 Å². The SMILES string of the molecule is CNC(=O)[C@H]([C@@H](C)O)N(C)CC1CCC2(CN(OCc3ccccc3)C2=O)N1. The monoisotopic (exact) mass is 390 g/mol. The summed E-state index contributed by atoms with van der Waals surface area (Å²) < 4.78 is 0. The van der Waals surface area contributed by atoms with Crippen LogP contribution in [0.4, 0.5) is 0 Å². The van der Waals surface area contributed by atoms with Gasteiger partial charge in [-0.2, -0.15) is 0 Å². The Balaban J connectivity index is 1.50. The molecule has 0 radical (unpaired) electrons. The molecular formula is C20H30N4O4. The second kappa shape index (κ2) is 8.57. The highest BCUT2D eigenvalue weighted by Crippen LogP contribution is 2.34. The molecule has 154 valence electrons. The maximum Gasteiger partial charge on any atom is 0.268 e. The van der Waals surface area contributed by atoms with Gasteiger partial charge in [0, 0.05) is 19.6 Å². The molecule has 2 unspecified atom stereocenters. The number of aliphatic hydroxyl groups is 1. The molecular weight excluding hydrogens is 360 g/mol. The Bertz CT molecular complexity index is 699. The normalized spacial score (nSPS) is 26.4. The average Bonchev–Trinajstić information content (AvgIpc) is 3.10. The molecule has 1 aromatic rings. The van der Waals surface area contributed by atoms with Gasteiger partial charge in [0.1, 0.15) is 18.2 Å². The van der Waals surface area contributed by atoms with Crippen molar-refractivity contribution in [1.82, 2.24) is 20.6 Å². The molecule has 2 fully saturated rings. The van der Waals surface area contributed by atoms with Crippen LogP contribution in [0.25, 0.3) is 0 Å². The van der Waals surface area contributed by atoms with Crippen molar-refractivity contribution in [2.45, 2.75) is 50.1 Å². The number of benzene rings is 1. The molecule has 8 nitrogen and oxygen atoms in total. The maximum atomic E-state index is 12.7. The van der Waals surface area contributed by atoms with Gasteiger partial charge in [-0.05, 0) is 32.4 Å². The Morgan fingerprint density at radius 3 is 2.79 bits per heavy atom. The highest BCUT2D eigenvalue weighted by Gasteiger charge is 2.56. The van der Waals surface area contributed by atoms with E-state index in [1.54, 1.807) is 14.0 Å². The fourth-order valence-corrected chi connectivity index (χ4v) is 4.15. The number of amides is 2. The van der Waals surface area contributed by atoms with Gasteiger partial charge in [-0.25, -0.2) is 5.06 Å². The van der Waals surface area contributed by atoms with Crippen LogP contribution in [0.1, 0.15) is 25.3 Å². The minimum atomic E-state index is -0.785. The fraction of sp³-hybridized carbons (Fsp3) is 0.600. The molecule has 4 atom stereocenters. The van der Waals surface area contributed by atoms with Crippen LogP contribution in [0, 0.1) is 0 Å². The molecule has 3 rings (SSSR count). The van der Waals surface area contributed by atoms with Crippen molar-refractivity contribution < 1.29 is 19.5 Å². The Morgan fingerprint density at radius 2 is 2.18 bits per heavy atom. The molecule has 0 aromatic heterocycles. The highest BCUT2D eigenvalue weighted by atomic mass is 16.7. The van der Waals surface area contributed by atoms with Crippen LogP contribution in [-0.2, 0) is 21.0 Å². The number of β-lactam (4-membered cyclic amide) rings is 1. The average molecular weight is 390 g/mol. The number of nitrogens with one attached hydrogen (secondary N) is 2. The van der Waals surface area contributed by atoms with Crippen molar-refractivity contribution in [2.75, 3.05) is 27.2 Å². The van der Waals surface area contributed by atoms with Gasteiger partial charge in [0.2, 0.25) is 5.91 Å². The van der Waals surface area contributed by atoms with Crippen LogP contribution < -0.4 is 10.6 Å². The number of likely N-dealkylation sites (N-methyl/N-ethyl adjacent to an activating group) is 2. The van der Waals surface area contributed by atoms with Gasteiger partial charge in [0.05, 0.1) is 12.6 Å². The number of hydroxylamine groups is 2. The summed E-state index contributed by atoms with van der Waals surface area (Å²) >= 11 is 0. The second-order valence-electron chi connectivity index (χ2n) is 7.80. The van der Waals surface area contributed by atoms with Crippen LogP contribution >= 0.6 is 0 Å². The predicted molar refractivity (Wildman–Crippen MR) is 104 cm³/mol. The first-order chi connectivity index (χ1) is 13.4. The smallest absolute Gasteiger partial charge is 0.268 e. The zero-order valence-electron chi connectivity index (χ0n) is 16.7. The summed E-state index contributed by atoms with van der Waals surface area (Å²) in [4.78, 5) is 32.2. The Hall–Kier alpha value is -2.00. The van der Waals surface area contributed by atoms with E-state index in [1.807, 2.05) is 42.3 Å². The molecule has 8 heteroatoms. The van der Waals surface area contributed by atoms with E-state index < -0.39 is 17.7 Å². The minimum absolute atomic E-state index is 0.0352. The van der Waals surface area contributed by atoms with E-state index in [4.69, 9.17) is 4.84 Å². The van der Waals surface area contributed by atoms with E-state index in [2.05, 4.69) is 10.6 Å². The van der Waals surface area contributed by atoms with Crippen LogP contribution in [0.3, 0.4) is 0 Å². The van der Waals surface area contributed by atoms with Gasteiger partial charge in [-0.1, -0.05) is 30.3 Å². The number of hydrogen-bond acceptors (Lipinski definition) is 6. The summed E-state index contributed by atoms with van der Waals surface area (Å²) in [7, 11) is 3.38. The molecule has 3 N–H and O–H groups in total. The topological polar surface area (TPSA) is 94.1 Å². The Labute approximate surface area is 165 Å². The Morgan fingerprint density at radius 1 is 1.46 bits per heavy atom. The lowest BCUT2D eigenvalue weighted by atomic mass is 9.89. The molecule has 2 aliphatic rings. The van der Waals surface area contributed by atoms with E-state index in [0.717, 1.165) is 18.4 Å². The zero-order chi connectivity index (χ0) is 20.3. The summed E-state index contributed by atoms with van der Waals surface area (Å²) in [5.41, 5.74) is 0.462. The molecule has 2 aliphatic heterocycles. The number of carbonyl (C=O) groups is 2. The summed E-state index contributed by atoms with van der Waals surface area (Å²) in [6.07, 6.45) is 0.796. The molecule has 0 aliphatic carbocycles. The zero-order valence-corrected chi connectivity index (χ0v) is 16.7. The van der Waals surface area contributed by atoms with Crippen molar-refractivity contribution >= 4 is 11.8 Å². The third-order valence-corrected chi connectivity index (χ3v) is 5.63. The van der Waals surface area contributed by atoms with Crippen molar-refractivity contribution in [3.05, 3.63) is 35.9 Å². The first-order valence-electron chi connectivity index (χ1n) is 9.73. The molecule has 0 saturated carbocycles. The minimum Gasteiger partial charge on any atom is -0.391 e. The van der Waals surface area contributed by atoms with Crippen molar-refractivity contribution in [3.63, 3.8) is 0 Å². The number of rotatable bonds is 8. The lowest BCUT2D eigenvalue weighted by molar-refractivity contribution is -0.231. The van der Waals surface area contributed by atoms with Gasteiger partial charge >= 0.3 is 0 Å². The van der Waals surface area contributed by atoms with Gasteiger partial charge in [-0.15, -0.1) is 0 Å². The summed E-state index contributed by atoms with van der Waals surface area (Å²) in [5, 5.41) is 17.4. The Kier molecular flexibility index (Phi) is 6.34. The first kappa shape index (κ1) is 20.7. The number of carbonyl (C=O) groups excluding carboxylic acids is 2. The predicted octanol–water partition coefficient (Wildman–Crippen LogP) is -0.122. The lowest BCUT2D eigenvalue weighted by Crippen LogP contribution is -2.72. The van der Waals surface area contributed by atoms with Crippen LogP contribution in [0.5, 0.6) is 0 Å². The molecule has 0 bridgehead atoms. The molecule has 1 spiro atoms. The van der Waals surface area contributed by atoms with E-state index >= 15 is 0 Å². The first-order valence-corrected chi connectivity index (χ1v) is 9.73. The van der Waals surface area contributed by atoms with E-state index in [-0.39, 0.29) is 17.9 Å². The van der Waals surface area contributed by atoms with E-state index in [0.29, 0.717) is 19.7 Å². The maximum absolute atomic E-state index is 12.7. The summed E-state index contributed by atoms with van der Waals surface area (Å²) in [5.74, 6) is -0.252. The van der Waals surface area contributed by atoms with Crippen molar-refractivity contribution in [1.29, 1.82) is 0 Å². The lowest BCUT2D eigenvalue weighted by Gasteiger charge is -2.45. The molecule has 2 amide bonds. The molecule has 2 saturated heterocycles. The van der Waals surface area contributed by atoms with Gasteiger partial charge in [0.25, 0.3) is 5.91 Å². The number of aliphatic hydroxyl groups excluding tert-OH is 1. The third-order valence-electron chi connectivity index (χ3n) is 5.63. The van der Waals surface area contributed by atoms with Gasteiger partial charge in [-0.3, -0.25) is 24.6 Å². The van der Waals surface area contributed by atoms with Crippen LogP contribution in [0.2, 0.25) is 0 Å². The molecule has 2 heterocycles. The summed E-state index contributed by atoms with van der Waals surface area (Å²) in [6.45, 7) is 3.07. The third kappa shape index (κ3) is 4.20. The molecule has 28 heavy (non-hydrogen) atoms. The van der Waals surface area contributed by atoms with Crippen LogP contribution in [-0.4, -0.2) is 77.8 Å². The largest absolute Gasteiger partial charge is 0.391 e. The molecule has 1 aromatic carbocycles. The van der Waals surface area contributed by atoms with E-state index in [9.17, 15) is 14.7 Å². The quantitative estimate of drug-likeness (QED) is 0.536. The standard InChI is InChI=1S/C20H30N4O4/c1-14(25)17(18(26)21-2)23(3)11-16-9-10-20(22-16)13-24(19(20)27)28-12-15-7-5-4-6-8-15/h4-8,14,16-17,22,25H,9-13H2,1-3H3,(H,21,26)/t14-,16?,17+,20?/m1/s1. The highest BCUT2D eigenvalue weighted by molar-refractivity contribution is 5.92. The fourth-order valence-electron chi connectivity index (χ4n) is 4.15. The van der Waals surface area contributed by atoms with Crippen molar-refractivity contribution in [2.24, 2.45) is 0 Å². The van der Waals surface area contributed by atoms with Gasteiger partial charge in [0.15, 0.2) is 0 Å². The van der Waals surface area contributed by atoms with Gasteiger partial charge < -0.3 is 10.4 Å². The number of nitrogens with zero attached hydrogens (tertiary/aromatic N) is 2. The van der Waals surface area contributed by atoms with E-state index in [1.165, 1.54) is 5.06 Å².